The van der Waals surface area contributed by atoms with Crippen molar-refractivity contribution in [2.75, 3.05) is 7.05 Å². The van der Waals surface area contributed by atoms with Gasteiger partial charge in [0.15, 0.2) is 5.92 Å². The van der Waals surface area contributed by atoms with Gasteiger partial charge in [-0.25, -0.2) is 0 Å². The molecule has 0 bridgehead atoms. The monoisotopic (exact) mass is 325 g/mol. The van der Waals surface area contributed by atoms with Crippen molar-refractivity contribution >= 4 is 22.9 Å². The van der Waals surface area contributed by atoms with E-state index in [9.17, 15) is 26.3 Å². The van der Waals surface area contributed by atoms with E-state index in [1.165, 1.54) is 13.0 Å². The van der Waals surface area contributed by atoms with Gasteiger partial charge in [-0.05, 0) is 25.6 Å². The van der Waals surface area contributed by atoms with Crippen LogP contribution >= 0.6 is 22.9 Å². The van der Waals surface area contributed by atoms with Crippen LogP contribution in [0.25, 0.3) is 0 Å². The van der Waals surface area contributed by atoms with Crippen LogP contribution in [0.15, 0.2) is 6.07 Å². The molecule has 0 amide bonds. The number of halogens is 7. The SMILES string of the molecule is CNC(c1cc(C)c(Cl)s1)C(C(F)(F)F)C(F)(F)F. The molecule has 0 fully saturated rings. The highest BCUT2D eigenvalue weighted by Crippen LogP contribution is 2.48. The second-order valence-corrected chi connectivity index (χ2v) is 5.62. The molecule has 0 spiro atoms. The predicted octanol–water partition coefficient (Wildman–Crippen LogP) is 4.71. The van der Waals surface area contributed by atoms with Gasteiger partial charge in [0.1, 0.15) is 0 Å². The smallest absolute Gasteiger partial charge is 0.312 e. The summed E-state index contributed by atoms with van der Waals surface area (Å²) in [5, 5.41) is 2.08. The predicted molar refractivity (Wildman–Crippen MR) is 61.5 cm³/mol. The molecule has 19 heavy (non-hydrogen) atoms. The van der Waals surface area contributed by atoms with Crippen molar-refractivity contribution in [3.8, 4) is 0 Å². The summed E-state index contributed by atoms with van der Waals surface area (Å²) < 4.78 is 76.1. The van der Waals surface area contributed by atoms with Crippen LogP contribution in [-0.4, -0.2) is 19.4 Å². The Morgan fingerprint density at radius 1 is 1.16 bits per heavy atom. The minimum atomic E-state index is -5.39. The fraction of sp³-hybridized carbons (Fsp3) is 0.600. The number of hydrogen-bond acceptors (Lipinski definition) is 2. The summed E-state index contributed by atoms with van der Waals surface area (Å²) in [6, 6.07) is -0.672. The Kier molecular flexibility index (Phi) is 4.79. The molecule has 0 aliphatic rings. The van der Waals surface area contributed by atoms with Crippen molar-refractivity contribution < 1.29 is 26.3 Å². The van der Waals surface area contributed by atoms with Gasteiger partial charge in [-0.15, -0.1) is 11.3 Å². The molecular formula is C10H10ClF6NS. The summed E-state index contributed by atoms with van der Waals surface area (Å²) in [4.78, 5) is -0.0929. The van der Waals surface area contributed by atoms with Crippen molar-refractivity contribution in [1.29, 1.82) is 0 Å². The Morgan fingerprint density at radius 2 is 1.63 bits per heavy atom. The van der Waals surface area contributed by atoms with E-state index in [4.69, 9.17) is 11.6 Å². The number of alkyl halides is 6. The van der Waals surface area contributed by atoms with Crippen molar-refractivity contribution in [3.63, 3.8) is 0 Å². The molecule has 1 nitrogen and oxygen atoms in total. The zero-order valence-corrected chi connectivity index (χ0v) is 11.4. The third-order valence-electron chi connectivity index (χ3n) is 2.53. The number of aryl methyl sites for hydroxylation is 1. The summed E-state index contributed by atoms with van der Waals surface area (Å²) in [5.41, 5.74) is 0.449. The number of thiophene rings is 1. The van der Waals surface area contributed by atoms with Gasteiger partial charge in [-0.2, -0.15) is 26.3 Å². The highest BCUT2D eigenvalue weighted by molar-refractivity contribution is 7.16. The van der Waals surface area contributed by atoms with Gasteiger partial charge < -0.3 is 5.32 Å². The fourth-order valence-electron chi connectivity index (χ4n) is 1.67. The summed E-state index contributed by atoms with van der Waals surface area (Å²) in [5.74, 6) is -3.47. The van der Waals surface area contributed by atoms with Crippen LogP contribution in [0, 0.1) is 12.8 Å². The fourth-order valence-corrected chi connectivity index (χ4v) is 3.04. The molecule has 0 aromatic carbocycles. The lowest BCUT2D eigenvalue weighted by Gasteiger charge is -2.29. The molecule has 0 saturated carbocycles. The minimum absolute atomic E-state index is 0.0929. The number of rotatable bonds is 3. The van der Waals surface area contributed by atoms with Gasteiger partial charge in [0.25, 0.3) is 0 Å². The Morgan fingerprint density at radius 3 is 1.89 bits per heavy atom. The molecule has 1 unspecified atom stereocenters. The maximum Gasteiger partial charge on any atom is 0.402 e. The van der Waals surface area contributed by atoms with E-state index in [1.807, 2.05) is 0 Å². The van der Waals surface area contributed by atoms with Crippen molar-refractivity contribution in [1.82, 2.24) is 5.32 Å². The topological polar surface area (TPSA) is 12.0 Å². The molecule has 9 heteroatoms. The summed E-state index contributed by atoms with van der Waals surface area (Å²) in [6.45, 7) is 1.52. The molecule has 1 heterocycles. The Hall–Kier alpha value is -0.470. The normalized spacial score (nSPS) is 15.1. The van der Waals surface area contributed by atoms with Gasteiger partial charge in [0, 0.05) is 4.88 Å². The molecule has 0 aliphatic carbocycles. The first-order valence-electron chi connectivity index (χ1n) is 5.05. The maximum atomic E-state index is 12.7. The third kappa shape index (κ3) is 3.76. The van der Waals surface area contributed by atoms with Crippen LogP contribution in [0.4, 0.5) is 26.3 Å². The number of nitrogens with one attached hydrogen (secondary N) is 1. The van der Waals surface area contributed by atoms with Crippen molar-refractivity contribution in [3.05, 3.63) is 20.8 Å². The number of hydrogen-bond donors (Lipinski definition) is 1. The molecular weight excluding hydrogens is 316 g/mol. The summed E-state index contributed by atoms with van der Waals surface area (Å²) in [6.07, 6.45) is -10.8. The van der Waals surface area contributed by atoms with Gasteiger partial charge in [-0.3, -0.25) is 0 Å². The minimum Gasteiger partial charge on any atom is -0.312 e. The van der Waals surface area contributed by atoms with E-state index in [0.717, 1.165) is 7.05 Å². The van der Waals surface area contributed by atoms with E-state index < -0.39 is 24.3 Å². The highest BCUT2D eigenvalue weighted by Gasteiger charge is 2.60. The van der Waals surface area contributed by atoms with Crippen LogP contribution in [0.5, 0.6) is 0 Å². The summed E-state index contributed by atoms with van der Waals surface area (Å²) >= 11 is 6.40. The van der Waals surface area contributed by atoms with Crippen molar-refractivity contribution in [2.24, 2.45) is 5.92 Å². The Bertz CT molecular complexity index is 405. The second kappa shape index (κ2) is 5.49. The van der Waals surface area contributed by atoms with E-state index >= 15 is 0 Å². The molecule has 1 aromatic heterocycles. The standard InChI is InChI=1S/C10H10ClF6NS/c1-4-3-5(19-8(4)11)6(18-2)7(9(12,13)14)10(15,16)17/h3,6-7,18H,1-2H3. The largest absolute Gasteiger partial charge is 0.402 e. The first-order valence-corrected chi connectivity index (χ1v) is 6.24. The van der Waals surface area contributed by atoms with Gasteiger partial charge in [0.2, 0.25) is 0 Å². The van der Waals surface area contributed by atoms with Crippen LogP contribution < -0.4 is 5.32 Å². The van der Waals surface area contributed by atoms with Gasteiger partial charge >= 0.3 is 12.4 Å². The third-order valence-corrected chi connectivity index (χ3v) is 4.17. The molecule has 0 aliphatic heterocycles. The van der Waals surface area contributed by atoms with Gasteiger partial charge in [-0.1, -0.05) is 11.6 Å². The molecule has 110 valence electrons. The Labute approximate surface area is 114 Å². The maximum absolute atomic E-state index is 12.7. The lowest BCUT2D eigenvalue weighted by atomic mass is 9.96. The quantitative estimate of drug-likeness (QED) is 0.794. The van der Waals surface area contributed by atoms with E-state index in [2.05, 4.69) is 5.32 Å². The van der Waals surface area contributed by atoms with Crippen LogP contribution in [0.1, 0.15) is 16.5 Å². The zero-order chi connectivity index (χ0) is 15.0. The Balaban J connectivity index is 3.25. The van der Waals surface area contributed by atoms with E-state index in [1.54, 1.807) is 0 Å². The summed E-state index contributed by atoms with van der Waals surface area (Å²) in [7, 11) is 1.05. The molecule has 1 rings (SSSR count). The van der Waals surface area contributed by atoms with Crippen LogP contribution in [0.3, 0.4) is 0 Å². The van der Waals surface area contributed by atoms with Gasteiger partial charge in [0.05, 0.1) is 10.4 Å². The first kappa shape index (κ1) is 16.6. The second-order valence-electron chi connectivity index (χ2n) is 3.93. The average Bonchev–Trinajstić information content (AvgIpc) is 2.51. The molecule has 1 N–H and O–H groups in total. The average molecular weight is 326 g/mol. The lowest BCUT2D eigenvalue weighted by molar-refractivity contribution is -0.292. The zero-order valence-electron chi connectivity index (χ0n) is 9.79. The van der Waals surface area contributed by atoms with Crippen LogP contribution in [0.2, 0.25) is 4.34 Å². The van der Waals surface area contributed by atoms with Crippen LogP contribution in [-0.2, 0) is 0 Å². The molecule has 0 saturated heterocycles. The van der Waals surface area contributed by atoms with E-state index in [-0.39, 0.29) is 9.21 Å². The molecule has 1 atom stereocenters. The lowest BCUT2D eigenvalue weighted by Crippen LogP contribution is -2.44. The molecule has 0 radical (unpaired) electrons. The molecule has 1 aromatic rings. The van der Waals surface area contributed by atoms with Crippen molar-refractivity contribution in [2.45, 2.75) is 25.3 Å². The van der Waals surface area contributed by atoms with E-state index in [0.29, 0.717) is 16.9 Å². The first-order chi connectivity index (χ1) is 8.48. The highest BCUT2D eigenvalue weighted by atomic mass is 35.5.